The highest BCUT2D eigenvalue weighted by Gasteiger charge is 2.13. The van der Waals surface area contributed by atoms with Gasteiger partial charge >= 0.3 is 0 Å². The zero-order valence-corrected chi connectivity index (χ0v) is 12.7. The molecule has 0 heterocycles. The van der Waals surface area contributed by atoms with Crippen molar-refractivity contribution in [1.29, 1.82) is 0 Å². The van der Waals surface area contributed by atoms with Gasteiger partial charge in [0.25, 0.3) is 0 Å². The van der Waals surface area contributed by atoms with Crippen molar-refractivity contribution >= 4 is 28.9 Å². The number of nitrogens with one attached hydrogen (secondary N) is 1. The first kappa shape index (κ1) is 15.8. The molecule has 0 saturated carbocycles. The minimum Gasteiger partial charge on any atom is -0.376 e. The van der Waals surface area contributed by atoms with Gasteiger partial charge in [-0.05, 0) is 24.1 Å². The average molecular weight is 284 g/mol. The zero-order valence-electron chi connectivity index (χ0n) is 11.9. The van der Waals surface area contributed by atoms with Crippen molar-refractivity contribution in [3.8, 4) is 0 Å². The van der Waals surface area contributed by atoms with E-state index in [1.54, 1.807) is 6.07 Å². The summed E-state index contributed by atoms with van der Waals surface area (Å²) in [7, 11) is 3.84. The van der Waals surface area contributed by atoms with E-state index in [0.29, 0.717) is 17.1 Å². The van der Waals surface area contributed by atoms with E-state index in [2.05, 4.69) is 5.32 Å². The highest BCUT2D eigenvalue weighted by atomic mass is 35.5. The largest absolute Gasteiger partial charge is 0.376 e. The van der Waals surface area contributed by atoms with Crippen LogP contribution in [0.25, 0.3) is 0 Å². The molecule has 0 aliphatic heterocycles. The molecule has 4 nitrogen and oxygen atoms in total. The summed E-state index contributed by atoms with van der Waals surface area (Å²) in [6, 6.07) is 5.33. The summed E-state index contributed by atoms with van der Waals surface area (Å²) in [4.78, 5) is 13.7. The molecule has 1 aromatic rings. The lowest BCUT2D eigenvalue weighted by molar-refractivity contribution is -0.116. The standard InChI is InChI=1S/C14H22ClN3O/c1-9(2)12(16)8-14(19)17-10-5-6-13(18(3)4)11(15)7-10/h5-7,9,12H,8,16H2,1-4H3,(H,17,19). The predicted octanol–water partition coefficient (Wildman–Crippen LogP) is 2.72. The van der Waals surface area contributed by atoms with Crippen molar-refractivity contribution in [2.75, 3.05) is 24.3 Å². The van der Waals surface area contributed by atoms with Crippen molar-refractivity contribution in [3.05, 3.63) is 23.2 Å². The quantitative estimate of drug-likeness (QED) is 0.873. The molecule has 0 fully saturated rings. The highest BCUT2D eigenvalue weighted by Crippen LogP contribution is 2.27. The number of carbonyl (C=O) groups is 1. The second-order valence-electron chi connectivity index (χ2n) is 5.22. The van der Waals surface area contributed by atoms with Crippen LogP contribution >= 0.6 is 11.6 Å². The van der Waals surface area contributed by atoms with Gasteiger partial charge < -0.3 is 16.0 Å². The molecule has 19 heavy (non-hydrogen) atoms. The van der Waals surface area contributed by atoms with Crippen LogP contribution < -0.4 is 16.0 Å². The Kier molecular flexibility index (Phi) is 5.63. The summed E-state index contributed by atoms with van der Waals surface area (Å²) in [6.07, 6.45) is 0.310. The maximum atomic E-state index is 11.8. The number of halogens is 1. The molecule has 1 rings (SSSR count). The van der Waals surface area contributed by atoms with Crippen LogP contribution in [0.5, 0.6) is 0 Å². The lowest BCUT2D eigenvalue weighted by Gasteiger charge is -2.17. The van der Waals surface area contributed by atoms with Gasteiger partial charge in [0.05, 0.1) is 10.7 Å². The number of nitrogens with two attached hydrogens (primary N) is 1. The van der Waals surface area contributed by atoms with Crippen LogP contribution in [0.4, 0.5) is 11.4 Å². The van der Waals surface area contributed by atoms with Crippen LogP contribution in [0.15, 0.2) is 18.2 Å². The summed E-state index contributed by atoms with van der Waals surface area (Å²) in [5, 5.41) is 3.42. The Balaban J connectivity index is 2.68. The summed E-state index contributed by atoms with van der Waals surface area (Å²) >= 11 is 6.15. The number of benzene rings is 1. The lowest BCUT2D eigenvalue weighted by atomic mass is 10.0. The summed E-state index contributed by atoms with van der Waals surface area (Å²) in [5.41, 5.74) is 7.48. The Morgan fingerprint density at radius 1 is 1.42 bits per heavy atom. The molecule has 0 bridgehead atoms. The summed E-state index contributed by atoms with van der Waals surface area (Å²) < 4.78 is 0. The van der Waals surface area contributed by atoms with Gasteiger partial charge in [-0.3, -0.25) is 4.79 Å². The van der Waals surface area contributed by atoms with E-state index in [4.69, 9.17) is 17.3 Å². The van der Waals surface area contributed by atoms with Crippen molar-refractivity contribution in [3.63, 3.8) is 0 Å². The first-order valence-corrected chi connectivity index (χ1v) is 6.71. The van der Waals surface area contributed by atoms with Gasteiger partial charge in [0, 0.05) is 32.2 Å². The molecule has 5 heteroatoms. The fraction of sp³-hybridized carbons (Fsp3) is 0.500. The van der Waals surface area contributed by atoms with E-state index in [1.807, 2.05) is 45.0 Å². The number of amides is 1. The average Bonchev–Trinajstić information content (AvgIpc) is 2.27. The number of hydrogen-bond donors (Lipinski definition) is 2. The van der Waals surface area contributed by atoms with Gasteiger partial charge in [0.1, 0.15) is 0 Å². The van der Waals surface area contributed by atoms with Crippen molar-refractivity contribution < 1.29 is 4.79 Å². The molecule has 1 amide bonds. The zero-order chi connectivity index (χ0) is 14.6. The van der Waals surface area contributed by atoms with Crippen LogP contribution in [-0.2, 0) is 4.79 Å². The van der Waals surface area contributed by atoms with Crippen LogP contribution in [0.1, 0.15) is 20.3 Å². The minimum absolute atomic E-state index is 0.0881. The first-order chi connectivity index (χ1) is 8.81. The predicted molar refractivity (Wildman–Crippen MR) is 81.8 cm³/mol. The molecule has 0 aromatic heterocycles. The second kappa shape index (κ2) is 6.78. The SMILES string of the molecule is CC(C)C(N)CC(=O)Nc1ccc(N(C)C)c(Cl)c1. The van der Waals surface area contributed by atoms with E-state index in [1.165, 1.54) is 0 Å². The number of rotatable bonds is 5. The van der Waals surface area contributed by atoms with Gasteiger partial charge in [-0.2, -0.15) is 0 Å². The Hall–Kier alpha value is -1.26. The van der Waals surface area contributed by atoms with E-state index in [-0.39, 0.29) is 17.9 Å². The second-order valence-corrected chi connectivity index (χ2v) is 5.63. The Labute approximate surface area is 119 Å². The number of hydrogen-bond acceptors (Lipinski definition) is 3. The van der Waals surface area contributed by atoms with Gasteiger partial charge in [0.2, 0.25) is 5.91 Å². The van der Waals surface area contributed by atoms with Gasteiger partial charge in [-0.25, -0.2) is 0 Å². The van der Waals surface area contributed by atoms with Crippen molar-refractivity contribution in [2.24, 2.45) is 11.7 Å². The van der Waals surface area contributed by atoms with Crippen molar-refractivity contribution in [2.45, 2.75) is 26.3 Å². The highest BCUT2D eigenvalue weighted by molar-refractivity contribution is 6.33. The van der Waals surface area contributed by atoms with E-state index < -0.39 is 0 Å². The Morgan fingerprint density at radius 2 is 2.05 bits per heavy atom. The number of nitrogens with zero attached hydrogens (tertiary/aromatic N) is 1. The van der Waals surface area contributed by atoms with E-state index >= 15 is 0 Å². The van der Waals surface area contributed by atoms with Crippen LogP contribution in [0.2, 0.25) is 5.02 Å². The molecule has 1 unspecified atom stereocenters. The Morgan fingerprint density at radius 3 is 2.53 bits per heavy atom. The molecule has 0 radical (unpaired) electrons. The molecule has 1 atom stereocenters. The molecule has 0 aliphatic carbocycles. The Bertz CT molecular complexity index is 446. The minimum atomic E-state index is -0.128. The fourth-order valence-corrected chi connectivity index (χ4v) is 1.96. The maximum Gasteiger partial charge on any atom is 0.225 e. The van der Waals surface area contributed by atoms with Gasteiger partial charge in [-0.15, -0.1) is 0 Å². The number of anilines is 2. The monoisotopic (exact) mass is 283 g/mol. The molecule has 0 aliphatic rings. The molecule has 0 spiro atoms. The van der Waals surface area contributed by atoms with Gasteiger partial charge in [-0.1, -0.05) is 25.4 Å². The van der Waals surface area contributed by atoms with Crippen molar-refractivity contribution in [1.82, 2.24) is 0 Å². The molecular weight excluding hydrogens is 262 g/mol. The van der Waals surface area contributed by atoms with E-state index in [0.717, 1.165) is 5.69 Å². The third-order valence-electron chi connectivity index (χ3n) is 2.99. The molecular formula is C14H22ClN3O. The van der Waals surface area contributed by atoms with Gasteiger partial charge in [0.15, 0.2) is 0 Å². The molecule has 1 aromatic carbocycles. The normalized spacial score (nSPS) is 12.4. The first-order valence-electron chi connectivity index (χ1n) is 6.33. The molecule has 0 saturated heterocycles. The lowest BCUT2D eigenvalue weighted by Crippen LogP contribution is -2.31. The molecule has 3 N–H and O–H groups in total. The smallest absolute Gasteiger partial charge is 0.225 e. The van der Waals surface area contributed by atoms with E-state index in [9.17, 15) is 4.79 Å². The van der Waals surface area contributed by atoms with Crippen LogP contribution in [-0.4, -0.2) is 26.0 Å². The van der Waals surface area contributed by atoms with Crippen LogP contribution in [0.3, 0.4) is 0 Å². The third kappa shape index (κ3) is 4.73. The summed E-state index contributed by atoms with van der Waals surface area (Å²) in [6.45, 7) is 4.00. The molecule has 106 valence electrons. The maximum absolute atomic E-state index is 11.8. The topological polar surface area (TPSA) is 58.4 Å². The third-order valence-corrected chi connectivity index (χ3v) is 3.29. The van der Waals surface area contributed by atoms with Crippen LogP contribution in [0, 0.1) is 5.92 Å². The summed E-state index contributed by atoms with van der Waals surface area (Å²) in [5.74, 6) is 0.195. The fourth-order valence-electron chi connectivity index (χ4n) is 1.61. The number of carbonyl (C=O) groups excluding carboxylic acids is 1.